The van der Waals surface area contributed by atoms with Gasteiger partial charge in [0.25, 0.3) is 0 Å². The molecule has 5 nitrogen and oxygen atoms in total. The summed E-state index contributed by atoms with van der Waals surface area (Å²) in [6.07, 6.45) is 6.62. The largest absolute Gasteiger partial charge is 0.462 e. The molecule has 0 amide bonds. The summed E-state index contributed by atoms with van der Waals surface area (Å²) in [6.45, 7) is 0. The number of methoxy groups -OCH3 is 1. The van der Waals surface area contributed by atoms with Crippen LogP contribution in [0.25, 0.3) is 0 Å². The first-order valence-electron chi connectivity index (χ1n) is 7.16. The highest BCUT2D eigenvalue weighted by molar-refractivity contribution is 5.83. The van der Waals surface area contributed by atoms with Gasteiger partial charge in [-0.05, 0) is 55.8 Å². The summed E-state index contributed by atoms with van der Waals surface area (Å²) in [5, 5.41) is 7.94. The minimum absolute atomic E-state index is 0.00805. The topological polar surface area (TPSA) is 65.2 Å². The molecule has 0 unspecified atom stereocenters. The lowest BCUT2D eigenvalue weighted by Crippen LogP contribution is -2.43. The molecule has 0 spiro atoms. The Hall–Kier alpha value is -1.39. The van der Waals surface area contributed by atoms with Crippen LogP contribution in [0.2, 0.25) is 0 Å². The van der Waals surface area contributed by atoms with Crippen molar-refractivity contribution in [2.45, 2.75) is 38.0 Å². The van der Waals surface area contributed by atoms with Crippen molar-refractivity contribution in [2.24, 2.45) is 23.7 Å². The smallest absolute Gasteiger partial charge is 0.396 e. The van der Waals surface area contributed by atoms with Gasteiger partial charge in [0.05, 0.1) is 7.11 Å². The summed E-state index contributed by atoms with van der Waals surface area (Å²) in [5.74, 6) is 3.69. The number of rotatable bonds is 2. The number of carbonyl (C=O) groups is 1. The van der Waals surface area contributed by atoms with Gasteiger partial charge in [0.2, 0.25) is 5.89 Å². The number of esters is 1. The van der Waals surface area contributed by atoms with E-state index in [1.54, 1.807) is 0 Å². The first kappa shape index (κ1) is 11.4. The van der Waals surface area contributed by atoms with Crippen molar-refractivity contribution in [3.63, 3.8) is 0 Å². The van der Waals surface area contributed by atoms with Crippen molar-refractivity contribution in [1.82, 2.24) is 10.2 Å². The van der Waals surface area contributed by atoms with Gasteiger partial charge in [0, 0.05) is 5.92 Å². The highest BCUT2D eigenvalue weighted by Crippen LogP contribution is 2.59. The zero-order chi connectivity index (χ0) is 13.0. The summed E-state index contributed by atoms with van der Waals surface area (Å²) in [6, 6.07) is 0. The summed E-state index contributed by atoms with van der Waals surface area (Å²) in [4.78, 5) is 11.4. The van der Waals surface area contributed by atoms with Crippen molar-refractivity contribution in [1.29, 1.82) is 0 Å². The van der Waals surface area contributed by atoms with Crippen LogP contribution in [-0.2, 0) is 4.74 Å². The Balaban J connectivity index is 1.62. The summed E-state index contributed by atoms with van der Waals surface area (Å²) >= 11 is 0. The molecule has 4 bridgehead atoms. The number of nitrogens with zero attached hydrogens (tertiary/aromatic N) is 2. The third kappa shape index (κ3) is 1.70. The molecule has 4 saturated carbocycles. The monoisotopic (exact) mass is 262 g/mol. The van der Waals surface area contributed by atoms with E-state index in [1.165, 1.54) is 39.2 Å². The van der Waals surface area contributed by atoms with E-state index >= 15 is 0 Å². The third-order valence-corrected chi connectivity index (χ3v) is 5.31. The fraction of sp³-hybridized carbons (Fsp3) is 0.786. The standard InChI is InChI=1S/C14H18N2O3/c1-18-14(17)13-16-15-12(19-13)11-9-3-7-2-8(5-9)6-10(11)4-7/h7-11H,2-6H2,1H3. The van der Waals surface area contributed by atoms with Crippen LogP contribution in [0.5, 0.6) is 0 Å². The number of aromatic nitrogens is 2. The summed E-state index contributed by atoms with van der Waals surface area (Å²) in [7, 11) is 1.33. The predicted molar refractivity (Wildman–Crippen MR) is 65.4 cm³/mol. The maximum atomic E-state index is 11.4. The fourth-order valence-corrected chi connectivity index (χ4v) is 4.87. The van der Waals surface area contributed by atoms with E-state index in [4.69, 9.17) is 4.42 Å². The molecule has 1 aromatic rings. The van der Waals surface area contributed by atoms with E-state index < -0.39 is 5.97 Å². The molecule has 19 heavy (non-hydrogen) atoms. The van der Waals surface area contributed by atoms with Crippen molar-refractivity contribution < 1.29 is 13.9 Å². The highest BCUT2D eigenvalue weighted by atomic mass is 16.5. The van der Waals surface area contributed by atoms with Gasteiger partial charge in [-0.15, -0.1) is 10.2 Å². The minimum atomic E-state index is -0.539. The zero-order valence-corrected chi connectivity index (χ0v) is 11.0. The van der Waals surface area contributed by atoms with E-state index in [9.17, 15) is 4.79 Å². The van der Waals surface area contributed by atoms with E-state index in [0.717, 1.165) is 11.8 Å². The molecule has 102 valence electrons. The molecule has 0 radical (unpaired) electrons. The molecule has 5 rings (SSSR count). The Morgan fingerprint density at radius 3 is 2.32 bits per heavy atom. The van der Waals surface area contributed by atoms with E-state index in [1.807, 2.05) is 0 Å². The molecule has 4 aliphatic carbocycles. The Kier molecular flexibility index (Phi) is 2.44. The number of carbonyl (C=O) groups excluding carboxylic acids is 1. The van der Waals surface area contributed by atoms with Gasteiger partial charge in [-0.3, -0.25) is 0 Å². The van der Waals surface area contributed by atoms with Gasteiger partial charge in [0.1, 0.15) is 0 Å². The van der Waals surface area contributed by atoms with Crippen LogP contribution >= 0.6 is 0 Å². The van der Waals surface area contributed by atoms with Crippen LogP contribution in [0.15, 0.2) is 4.42 Å². The SMILES string of the molecule is COC(=O)c1nnc(C2C3CC4CC(C3)CC2C4)o1. The molecular formula is C14H18N2O3. The van der Waals surface area contributed by atoms with Gasteiger partial charge in [-0.1, -0.05) is 0 Å². The average Bonchev–Trinajstić information content (AvgIpc) is 2.86. The van der Waals surface area contributed by atoms with Crippen LogP contribution in [0, 0.1) is 23.7 Å². The van der Waals surface area contributed by atoms with Crippen molar-refractivity contribution in [2.75, 3.05) is 7.11 Å². The Morgan fingerprint density at radius 2 is 1.74 bits per heavy atom. The lowest BCUT2D eigenvalue weighted by atomic mass is 9.52. The Morgan fingerprint density at radius 1 is 1.11 bits per heavy atom. The molecule has 1 aromatic heterocycles. The molecule has 0 aliphatic heterocycles. The minimum Gasteiger partial charge on any atom is -0.462 e. The van der Waals surface area contributed by atoms with Crippen molar-refractivity contribution in [3.05, 3.63) is 11.8 Å². The Labute approximate surface area is 111 Å². The molecule has 0 N–H and O–H groups in total. The number of ether oxygens (including phenoxy) is 1. The lowest BCUT2D eigenvalue weighted by molar-refractivity contribution is -0.0120. The van der Waals surface area contributed by atoms with Gasteiger partial charge in [0.15, 0.2) is 0 Å². The van der Waals surface area contributed by atoms with Gasteiger partial charge in [-0.2, -0.15) is 0 Å². The maximum absolute atomic E-state index is 11.4. The lowest BCUT2D eigenvalue weighted by Gasteiger charge is -2.53. The molecular weight excluding hydrogens is 244 g/mol. The predicted octanol–water partition coefficient (Wildman–Crippen LogP) is 2.40. The maximum Gasteiger partial charge on any atom is 0.396 e. The first-order valence-corrected chi connectivity index (χ1v) is 7.16. The van der Waals surface area contributed by atoms with Crippen LogP contribution in [0.3, 0.4) is 0 Å². The molecule has 0 atom stereocenters. The average molecular weight is 262 g/mol. The first-order chi connectivity index (χ1) is 9.24. The van der Waals surface area contributed by atoms with Gasteiger partial charge < -0.3 is 9.15 Å². The van der Waals surface area contributed by atoms with Crippen LogP contribution in [0.4, 0.5) is 0 Å². The van der Waals surface area contributed by atoms with E-state index in [0.29, 0.717) is 23.6 Å². The second-order valence-electron chi connectivity index (χ2n) is 6.39. The summed E-state index contributed by atoms with van der Waals surface area (Å²) in [5.41, 5.74) is 0. The third-order valence-electron chi connectivity index (χ3n) is 5.31. The molecule has 1 heterocycles. The fourth-order valence-electron chi connectivity index (χ4n) is 4.87. The summed E-state index contributed by atoms with van der Waals surface area (Å²) < 4.78 is 10.2. The van der Waals surface area contributed by atoms with Crippen LogP contribution < -0.4 is 0 Å². The van der Waals surface area contributed by atoms with E-state index in [2.05, 4.69) is 14.9 Å². The second-order valence-corrected chi connectivity index (χ2v) is 6.39. The van der Waals surface area contributed by atoms with Gasteiger partial charge >= 0.3 is 11.9 Å². The zero-order valence-electron chi connectivity index (χ0n) is 11.0. The molecule has 0 aromatic carbocycles. The van der Waals surface area contributed by atoms with E-state index in [-0.39, 0.29) is 5.89 Å². The van der Waals surface area contributed by atoms with Crippen molar-refractivity contribution in [3.8, 4) is 0 Å². The number of hydrogen-bond donors (Lipinski definition) is 0. The normalized spacial score (nSPS) is 39.5. The Bertz CT molecular complexity index is 483. The number of hydrogen-bond acceptors (Lipinski definition) is 5. The van der Waals surface area contributed by atoms with Crippen LogP contribution in [-0.4, -0.2) is 23.3 Å². The second kappa shape index (κ2) is 4.05. The molecule has 4 aliphatic rings. The quantitative estimate of drug-likeness (QED) is 0.766. The van der Waals surface area contributed by atoms with Gasteiger partial charge in [-0.25, -0.2) is 4.79 Å². The highest BCUT2D eigenvalue weighted by Gasteiger charge is 2.50. The molecule has 5 heteroatoms. The molecule has 0 saturated heterocycles. The van der Waals surface area contributed by atoms with Crippen LogP contribution in [0.1, 0.15) is 54.6 Å². The molecule has 4 fully saturated rings. The van der Waals surface area contributed by atoms with Crippen molar-refractivity contribution >= 4 is 5.97 Å².